The first-order valence-corrected chi connectivity index (χ1v) is 10.4. The Bertz CT molecular complexity index is 863. The number of anilines is 1. The largest absolute Gasteiger partial charge is 0.460 e. The molecule has 1 aliphatic heterocycles. The van der Waals surface area contributed by atoms with Gasteiger partial charge in [0.25, 0.3) is 6.47 Å². The normalized spacial score (nSPS) is 23.6. The molecular formula is C21H33N3O8. The van der Waals surface area contributed by atoms with Crippen molar-refractivity contribution >= 4 is 18.4 Å². The molecule has 180 valence electrons. The van der Waals surface area contributed by atoms with Crippen LogP contribution in [0, 0.1) is 5.92 Å². The quantitative estimate of drug-likeness (QED) is 0.553. The fourth-order valence-corrected chi connectivity index (χ4v) is 3.43. The number of hydrogen-bond acceptors (Lipinski definition) is 9. The SMILES string of the molecule is CC1[C@@H](O)[C@@H](CCO)O[C@H]1n1ccc(N(CC(C)(C)OC=O)C(=O)OC(C)(C)C)nc1=O. The van der Waals surface area contributed by atoms with E-state index in [0.717, 1.165) is 4.90 Å². The monoisotopic (exact) mass is 455 g/mol. The van der Waals surface area contributed by atoms with Crippen molar-refractivity contribution < 1.29 is 34.0 Å². The van der Waals surface area contributed by atoms with Crippen molar-refractivity contribution in [2.45, 2.75) is 77.6 Å². The van der Waals surface area contributed by atoms with Gasteiger partial charge in [0.05, 0.1) is 18.8 Å². The van der Waals surface area contributed by atoms with Gasteiger partial charge in [-0.1, -0.05) is 6.92 Å². The Balaban J connectivity index is 2.37. The topological polar surface area (TPSA) is 140 Å². The number of nitrogens with zero attached hydrogens (tertiary/aromatic N) is 3. The van der Waals surface area contributed by atoms with Gasteiger partial charge in [0.2, 0.25) is 0 Å². The van der Waals surface area contributed by atoms with E-state index < -0.39 is 47.3 Å². The molecule has 2 heterocycles. The molecule has 0 radical (unpaired) electrons. The van der Waals surface area contributed by atoms with Crippen LogP contribution in [0.1, 0.15) is 54.2 Å². The van der Waals surface area contributed by atoms with Crippen molar-refractivity contribution in [1.29, 1.82) is 0 Å². The second kappa shape index (κ2) is 9.97. The molecule has 1 unspecified atom stereocenters. The summed E-state index contributed by atoms with van der Waals surface area (Å²) in [4.78, 5) is 41.6. The lowest BCUT2D eigenvalue weighted by molar-refractivity contribution is -0.139. The second-order valence-corrected chi connectivity index (χ2v) is 9.44. The number of aliphatic hydroxyl groups excluding tert-OH is 2. The van der Waals surface area contributed by atoms with Crippen LogP contribution in [0.4, 0.5) is 10.6 Å². The molecule has 1 aromatic rings. The van der Waals surface area contributed by atoms with Crippen LogP contribution in [0.5, 0.6) is 0 Å². The Morgan fingerprint density at radius 1 is 1.34 bits per heavy atom. The predicted molar refractivity (Wildman–Crippen MR) is 114 cm³/mol. The molecule has 1 saturated heterocycles. The predicted octanol–water partition coefficient (Wildman–Crippen LogP) is 1.21. The maximum atomic E-state index is 12.8. The lowest BCUT2D eigenvalue weighted by atomic mass is 10.0. The molecule has 0 spiro atoms. The van der Waals surface area contributed by atoms with Gasteiger partial charge in [-0.3, -0.25) is 14.3 Å². The van der Waals surface area contributed by atoms with Crippen LogP contribution in [0.15, 0.2) is 17.1 Å². The van der Waals surface area contributed by atoms with Gasteiger partial charge in [-0.15, -0.1) is 0 Å². The fraction of sp³-hybridized carbons (Fsp3) is 0.714. The molecule has 0 bridgehead atoms. The zero-order valence-electron chi connectivity index (χ0n) is 19.3. The lowest BCUT2D eigenvalue weighted by Crippen LogP contribution is -2.47. The summed E-state index contributed by atoms with van der Waals surface area (Å²) in [7, 11) is 0. The molecule has 2 N–H and O–H groups in total. The first-order chi connectivity index (χ1) is 14.8. The summed E-state index contributed by atoms with van der Waals surface area (Å²) < 4.78 is 17.5. The van der Waals surface area contributed by atoms with Crippen molar-refractivity contribution in [3.63, 3.8) is 0 Å². The third-order valence-electron chi connectivity index (χ3n) is 4.98. The van der Waals surface area contributed by atoms with Crippen molar-refractivity contribution in [2.75, 3.05) is 18.1 Å². The molecule has 1 amide bonds. The summed E-state index contributed by atoms with van der Waals surface area (Å²) in [6.45, 7) is 10.1. The van der Waals surface area contributed by atoms with Crippen molar-refractivity contribution in [2.24, 2.45) is 5.92 Å². The van der Waals surface area contributed by atoms with E-state index in [1.165, 1.54) is 16.8 Å². The van der Waals surface area contributed by atoms with E-state index in [2.05, 4.69) is 4.98 Å². The molecule has 4 atom stereocenters. The molecule has 11 heteroatoms. The molecule has 1 fully saturated rings. The van der Waals surface area contributed by atoms with Gasteiger partial charge in [0.1, 0.15) is 23.2 Å². The summed E-state index contributed by atoms with van der Waals surface area (Å²) in [5, 5.41) is 19.5. The number of rotatable bonds is 8. The highest BCUT2D eigenvalue weighted by atomic mass is 16.6. The van der Waals surface area contributed by atoms with E-state index in [-0.39, 0.29) is 31.9 Å². The van der Waals surface area contributed by atoms with Gasteiger partial charge in [-0.05, 0) is 47.1 Å². The second-order valence-electron chi connectivity index (χ2n) is 9.44. The summed E-state index contributed by atoms with van der Waals surface area (Å²) >= 11 is 0. The lowest BCUT2D eigenvalue weighted by Gasteiger charge is -2.32. The van der Waals surface area contributed by atoms with Gasteiger partial charge >= 0.3 is 11.8 Å². The molecule has 32 heavy (non-hydrogen) atoms. The Kier molecular flexibility index (Phi) is 8.02. The average Bonchev–Trinajstić information content (AvgIpc) is 2.93. The summed E-state index contributed by atoms with van der Waals surface area (Å²) in [5.41, 5.74) is -2.57. The van der Waals surface area contributed by atoms with Gasteiger partial charge < -0.3 is 24.4 Å². The minimum absolute atomic E-state index is 0.0150. The van der Waals surface area contributed by atoms with Crippen molar-refractivity contribution in [3.05, 3.63) is 22.7 Å². The summed E-state index contributed by atoms with van der Waals surface area (Å²) in [5.74, 6) is -0.403. The molecule has 0 saturated carbocycles. The van der Waals surface area contributed by atoms with Crippen LogP contribution in [-0.4, -0.2) is 68.9 Å². The maximum Gasteiger partial charge on any atom is 0.416 e. The van der Waals surface area contributed by atoms with Crippen molar-refractivity contribution in [3.8, 4) is 0 Å². The van der Waals surface area contributed by atoms with E-state index >= 15 is 0 Å². The van der Waals surface area contributed by atoms with Crippen molar-refractivity contribution in [1.82, 2.24) is 9.55 Å². The Morgan fingerprint density at radius 2 is 2.00 bits per heavy atom. The third kappa shape index (κ3) is 6.27. The van der Waals surface area contributed by atoms with Crippen LogP contribution in [0.25, 0.3) is 0 Å². The van der Waals surface area contributed by atoms with Gasteiger partial charge in [-0.2, -0.15) is 4.98 Å². The molecule has 0 aromatic carbocycles. The van der Waals surface area contributed by atoms with E-state index in [0.29, 0.717) is 0 Å². The Morgan fingerprint density at radius 3 is 2.53 bits per heavy atom. The van der Waals surface area contributed by atoms with Crippen LogP contribution < -0.4 is 10.6 Å². The maximum absolute atomic E-state index is 12.8. The number of hydrogen-bond donors (Lipinski definition) is 2. The highest BCUT2D eigenvalue weighted by molar-refractivity contribution is 5.86. The van der Waals surface area contributed by atoms with E-state index in [1.54, 1.807) is 41.5 Å². The molecule has 1 aromatic heterocycles. The standard InChI is InChI=1S/C21H33N3O8/c1-13-16(27)14(8-10-25)31-17(13)23-9-7-15(22-18(23)28)24(11-21(5,6)30-12-26)19(29)32-20(2,3)4/h7,9,12-14,16-17,25,27H,8,10-11H2,1-6H3/t13?,14-,16-,17-/m1/s1. The van der Waals surface area contributed by atoms with Gasteiger partial charge in [-0.25, -0.2) is 9.59 Å². The minimum atomic E-state index is -1.07. The number of carbonyl (C=O) groups excluding carboxylic acids is 2. The Labute approximate surface area is 186 Å². The number of aromatic nitrogens is 2. The fourth-order valence-electron chi connectivity index (χ4n) is 3.43. The summed E-state index contributed by atoms with van der Waals surface area (Å²) in [6, 6.07) is 1.45. The molecule has 11 nitrogen and oxygen atoms in total. The van der Waals surface area contributed by atoms with Crippen LogP contribution >= 0.6 is 0 Å². The van der Waals surface area contributed by atoms with E-state index in [9.17, 15) is 19.5 Å². The van der Waals surface area contributed by atoms with Crippen LogP contribution in [-0.2, 0) is 19.0 Å². The highest BCUT2D eigenvalue weighted by Gasteiger charge is 2.42. The van der Waals surface area contributed by atoms with Crippen LogP contribution in [0.2, 0.25) is 0 Å². The number of aliphatic hydroxyl groups is 2. The Hall–Kier alpha value is -2.50. The first-order valence-electron chi connectivity index (χ1n) is 10.4. The van der Waals surface area contributed by atoms with Gasteiger partial charge in [0.15, 0.2) is 0 Å². The number of ether oxygens (including phenoxy) is 3. The van der Waals surface area contributed by atoms with E-state index in [4.69, 9.17) is 19.3 Å². The minimum Gasteiger partial charge on any atom is -0.460 e. The molecular weight excluding hydrogens is 422 g/mol. The molecule has 2 rings (SSSR count). The number of amides is 1. The third-order valence-corrected chi connectivity index (χ3v) is 4.98. The summed E-state index contributed by atoms with van der Waals surface area (Å²) in [6.07, 6.45) is -1.33. The van der Waals surface area contributed by atoms with Crippen LogP contribution in [0.3, 0.4) is 0 Å². The highest BCUT2D eigenvalue weighted by Crippen LogP contribution is 2.35. The zero-order valence-corrected chi connectivity index (χ0v) is 19.3. The average molecular weight is 456 g/mol. The van der Waals surface area contributed by atoms with E-state index in [1.807, 2.05) is 0 Å². The van der Waals surface area contributed by atoms with Gasteiger partial charge in [0, 0.05) is 18.7 Å². The first kappa shape index (κ1) is 25.8. The zero-order chi connectivity index (χ0) is 24.3. The molecule has 1 aliphatic rings. The number of carbonyl (C=O) groups is 2. The smallest absolute Gasteiger partial charge is 0.416 e. The molecule has 0 aliphatic carbocycles.